The number of hydrogen-bond acceptors (Lipinski definition) is 2. The number of hydrogen-bond donors (Lipinski definition) is 1. The molecule has 2 atom stereocenters. The molecular formula is C14H29NO. The smallest absolute Gasteiger partial charge is 0.0725 e. The van der Waals surface area contributed by atoms with Crippen LogP contribution in [0.3, 0.4) is 0 Å². The normalized spacial score (nSPS) is 20.4. The summed E-state index contributed by atoms with van der Waals surface area (Å²) in [5.41, 5.74) is 0. The predicted octanol–water partition coefficient (Wildman–Crippen LogP) is 3.36. The van der Waals surface area contributed by atoms with Crippen molar-refractivity contribution in [3.8, 4) is 0 Å². The molecule has 2 heteroatoms. The molecule has 96 valence electrons. The molecule has 2 nitrogen and oxygen atoms in total. The lowest BCUT2D eigenvalue weighted by Gasteiger charge is -2.34. The first-order chi connectivity index (χ1) is 7.81. The first kappa shape index (κ1) is 14.0. The minimum atomic E-state index is 0.414. The molecule has 1 rings (SSSR count). The van der Waals surface area contributed by atoms with Gasteiger partial charge in [0.1, 0.15) is 0 Å². The van der Waals surface area contributed by atoms with Gasteiger partial charge < -0.3 is 10.1 Å². The Morgan fingerprint density at radius 2 is 2.00 bits per heavy atom. The van der Waals surface area contributed by atoms with Crippen molar-refractivity contribution < 1.29 is 4.74 Å². The molecular weight excluding hydrogens is 198 g/mol. The van der Waals surface area contributed by atoms with Crippen molar-refractivity contribution in [2.75, 3.05) is 13.2 Å². The van der Waals surface area contributed by atoms with Crippen LogP contribution in [0.2, 0.25) is 0 Å². The SMILES string of the molecule is CCCNC(CC1CCC1)C(CC)OCC. The van der Waals surface area contributed by atoms with Gasteiger partial charge in [-0.1, -0.05) is 33.1 Å². The van der Waals surface area contributed by atoms with Crippen molar-refractivity contribution in [3.05, 3.63) is 0 Å². The first-order valence-electron chi connectivity index (χ1n) is 7.16. The van der Waals surface area contributed by atoms with Crippen LogP contribution in [-0.2, 0) is 4.74 Å². The third-order valence-corrected chi connectivity index (χ3v) is 3.70. The Hall–Kier alpha value is -0.0800. The summed E-state index contributed by atoms with van der Waals surface area (Å²) >= 11 is 0. The summed E-state index contributed by atoms with van der Waals surface area (Å²) in [6.07, 6.45) is 8.39. The molecule has 0 aromatic carbocycles. The van der Waals surface area contributed by atoms with Gasteiger partial charge in [-0.05, 0) is 38.6 Å². The zero-order chi connectivity index (χ0) is 11.8. The van der Waals surface area contributed by atoms with Crippen LogP contribution >= 0.6 is 0 Å². The molecule has 0 saturated heterocycles. The summed E-state index contributed by atoms with van der Waals surface area (Å²) in [7, 11) is 0. The second kappa shape index (κ2) is 8.08. The summed E-state index contributed by atoms with van der Waals surface area (Å²) < 4.78 is 5.86. The topological polar surface area (TPSA) is 21.3 Å². The fourth-order valence-corrected chi connectivity index (χ4v) is 2.52. The highest BCUT2D eigenvalue weighted by Gasteiger charge is 2.26. The highest BCUT2D eigenvalue weighted by Crippen LogP contribution is 2.31. The van der Waals surface area contributed by atoms with E-state index in [9.17, 15) is 0 Å². The second-order valence-electron chi connectivity index (χ2n) is 5.00. The molecule has 0 heterocycles. The standard InChI is InChI=1S/C14H29NO/c1-4-10-15-13(11-12-8-7-9-12)14(5-2)16-6-3/h12-15H,4-11H2,1-3H3. The van der Waals surface area contributed by atoms with Gasteiger partial charge in [0.25, 0.3) is 0 Å². The van der Waals surface area contributed by atoms with Crippen molar-refractivity contribution in [1.29, 1.82) is 0 Å². The van der Waals surface area contributed by atoms with Gasteiger partial charge in [-0.3, -0.25) is 0 Å². The fraction of sp³-hybridized carbons (Fsp3) is 1.00. The molecule has 1 N–H and O–H groups in total. The van der Waals surface area contributed by atoms with E-state index in [1.54, 1.807) is 0 Å². The zero-order valence-corrected chi connectivity index (χ0v) is 11.3. The molecule has 0 radical (unpaired) electrons. The van der Waals surface area contributed by atoms with E-state index in [-0.39, 0.29) is 0 Å². The molecule has 2 unspecified atom stereocenters. The van der Waals surface area contributed by atoms with Gasteiger partial charge in [0.2, 0.25) is 0 Å². The summed E-state index contributed by atoms with van der Waals surface area (Å²) in [4.78, 5) is 0. The maximum absolute atomic E-state index is 5.86. The Morgan fingerprint density at radius 1 is 1.25 bits per heavy atom. The predicted molar refractivity (Wildman–Crippen MR) is 69.7 cm³/mol. The summed E-state index contributed by atoms with van der Waals surface area (Å²) in [5, 5.41) is 3.68. The van der Waals surface area contributed by atoms with E-state index in [0.29, 0.717) is 12.1 Å². The molecule has 0 aliphatic heterocycles. The summed E-state index contributed by atoms with van der Waals surface area (Å²) in [6.45, 7) is 8.54. The Balaban J connectivity index is 2.38. The van der Waals surface area contributed by atoms with Crippen molar-refractivity contribution in [3.63, 3.8) is 0 Å². The van der Waals surface area contributed by atoms with Crippen molar-refractivity contribution >= 4 is 0 Å². The molecule has 1 aliphatic carbocycles. The highest BCUT2D eigenvalue weighted by atomic mass is 16.5. The number of ether oxygens (including phenoxy) is 1. The lowest BCUT2D eigenvalue weighted by atomic mass is 9.79. The van der Waals surface area contributed by atoms with E-state index in [1.165, 1.54) is 32.1 Å². The molecule has 1 aliphatic rings. The van der Waals surface area contributed by atoms with E-state index in [4.69, 9.17) is 4.74 Å². The zero-order valence-electron chi connectivity index (χ0n) is 11.3. The van der Waals surface area contributed by atoms with Crippen LogP contribution in [0.15, 0.2) is 0 Å². The van der Waals surface area contributed by atoms with Gasteiger partial charge in [-0.15, -0.1) is 0 Å². The minimum Gasteiger partial charge on any atom is -0.377 e. The van der Waals surface area contributed by atoms with Crippen LogP contribution in [0.25, 0.3) is 0 Å². The highest BCUT2D eigenvalue weighted by molar-refractivity contribution is 4.82. The van der Waals surface area contributed by atoms with Gasteiger partial charge in [0, 0.05) is 12.6 Å². The van der Waals surface area contributed by atoms with Gasteiger partial charge in [0.15, 0.2) is 0 Å². The summed E-state index contributed by atoms with van der Waals surface area (Å²) in [5.74, 6) is 0.962. The molecule has 1 saturated carbocycles. The van der Waals surface area contributed by atoms with E-state index in [0.717, 1.165) is 25.5 Å². The van der Waals surface area contributed by atoms with Crippen LogP contribution in [0.5, 0.6) is 0 Å². The number of nitrogens with one attached hydrogen (secondary N) is 1. The molecule has 1 fully saturated rings. The molecule has 16 heavy (non-hydrogen) atoms. The largest absolute Gasteiger partial charge is 0.377 e. The number of rotatable bonds is 9. The quantitative estimate of drug-likeness (QED) is 0.652. The van der Waals surface area contributed by atoms with Gasteiger partial charge in [-0.25, -0.2) is 0 Å². The molecule has 0 bridgehead atoms. The Labute approximate surface area is 101 Å². The van der Waals surface area contributed by atoms with Crippen LogP contribution < -0.4 is 5.32 Å². The average molecular weight is 227 g/mol. The molecule has 0 spiro atoms. The van der Waals surface area contributed by atoms with Gasteiger partial charge >= 0.3 is 0 Å². The van der Waals surface area contributed by atoms with E-state index in [1.807, 2.05) is 0 Å². The Bertz CT molecular complexity index is 168. The molecule has 0 aromatic rings. The fourth-order valence-electron chi connectivity index (χ4n) is 2.52. The first-order valence-corrected chi connectivity index (χ1v) is 7.16. The van der Waals surface area contributed by atoms with Crippen molar-refractivity contribution in [2.45, 2.75) is 71.4 Å². The van der Waals surface area contributed by atoms with Crippen LogP contribution in [0.4, 0.5) is 0 Å². The van der Waals surface area contributed by atoms with E-state index >= 15 is 0 Å². The third-order valence-electron chi connectivity index (χ3n) is 3.70. The minimum absolute atomic E-state index is 0.414. The van der Waals surface area contributed by atoms with Crippen molar-refractivity contribution in [2.24, 2.45) is 5.92 Å². The van der Waals surface area contributed by atoms with Crippen LogP contribution in [0.1, 0.15) is 59.3 Å². The monoisotopic (exact) mass is 227 g/mol. The van der Waals surface area contributed by atoms with Gasteiger partial charge in [0.05, 0.1) is 6.10 Å². The Morgan fingerprint density at radius 3 is 2.44 bits per heavy atom. The Kier molecular flexibility index (Phi) is 7.06. The van der Waals surface area contributed by atoms with Crippen LogP contribution in [0, 0.1) is 5.92 Å². The third kappa shape index (κ3) is 4.42. The maximum atomic E-state index is 5.86. The van der Waals surface area contributed by atoms with Gasteiger partial charge in [-0.2, -0.15) is 0 Å². The molecule has 0 amide bonds. The lowest BCUT2D eigenvalue weighted by Crippen LogP contribution is -2.43. The molecule has 0 aromatic heterocycles. The second-order valence-corrected chi connectivity index (χ2v) is 5.00. The van der Waals surface area contributed by atoms with Crippen LogP contribution in [-0.4, -0.2) is 25.3 Å². The summed E-state index contributed by atoms with van der Waals surface area (Å²) in [6, 6.07) is 0.579. The van der Waals surface area contributed by atoms with E-state index < -0.39 is 0 Å². The average Bonchev–Trinajstić information content (AvgIpc) is 2.24. The lowest BCUT2D eigenvalue weighted by molar-refractivity contribution is 0.0213. The van der Waals surface area contributed by atoms with Crippen molar-refractivity contribution in [1.82, 2.24) is 5.32 Å². The maximum Gasteiger partial charge on any atom is 0.0725 e. The van der Waals surface area contributed by atoms with E-state index in [2.05, 4.69) is 26.1 Å².